The molecule has 122 valence electrons. The van der Waals surface area contributed by atoms with Crippen molar-refractivity contribution in [2.45, 2.75) is 59.6 Å². The van der Waals surface area contributed by atoms with Crippen LogP contribution < -0.4 is 11.5 Å². The summed E-state index contributed by atoms with van der Waals surface area (Å²) >= 11 is 0. The average molecular weight is 288 g/mol. The van der Waals surface area contributed by atoms with Crippen molar-refractivity contribution in [3.05, 3.63) is 0 Å². The summed E-state index contributed by atoms with van der Waals surface area (Å²) in [5, 5.41) is 0. The van der Waals surface area contributed by atoms with Crippen LogP contribution >= 0.6 is 0 Å². The van der Waals surface area contributed by atoms with E-state index in [4.69, 9.17) is 20.9 Å². The summed E-state index contributed by atoms with van der Waals surface area (Å²) in [5.74, 6) is 1.47. The number of nitrogens with two attached hydrogens (primary N) is 2. The van der Waals surface area contributed by atoms with E-state index in [-0.39, 0.29) is 12.1 Å². The Morgan fingerprint density at radius 2 is 1.40 bits per heavy atom. The van der Waals surface area contributed by atoms with Crippen molar-refractivity contribution in [2.24, 2.45) is 29.2 Å². The van der Waals surface area contributed by atoms with Crippen LogP contribution in [0.15, 0.2) is 0 Å². The summed E-state index contributed by atoms with van der Waals surface area (Å²) in [7, 11) is 0. The summed E-state index contributed by atoms with van der Waals surface area (Å²) in [6, 6.07) is 0.250. The lowest BCUT2D eigenvalue weighted by atomic mass is 10.0. The fourth-order valence-electron chi connectivity index (χ4n) is 2.28. The van der Waals surface area contributed by atoms with Gasteiger partial charge in [-0.25, -0.2) is 0 Å². The van der Waals surface area contributed by atoms with Gasteiger partial charge in [-0.05, 0) is 45.1 Å². The van der Waals surface area contributed by atoms with Crippen LogP contribution in [0, 0.1) is 17.8 Å². The van der Waals surface area contributed by atoms with E-state index in [1.165, 1.54) is 0 Å². The summed E-state index contributed by atoms with van der Waals surface area (Å²) in [6.45, 7) is 13.7. The van der Waals surface area contributed by atoms with E-state index < -0.39 is 0 Å². The van der Waals surface area contributed by atoms with Crippen LogP contribution in [0.4, 0.5) is 0 Å². The first kappa shape index (κ1) is 19.8. The highest BCUT2D eigenvalue weighted by Crippen LogP contribution is 2.10. The molecule has 0 saturated carbocycles. The van der Waals surface area contributed by atoms with Crippen molar-refractivity contribution in [1.82, 2.24) is 0 Å². The molecule has 4 nitrogen and oxygen atoms in total. The molecule has 0 aromatic carbocycles. The second-order valence-electron chi connectivity index (χ2n) is 6.68. The van der Waals surface area contributed by atoms with Gasteiger partial charge in [0.05, 0.1) is 19.3 Å². The molecule has 4 unspecified atom stereocenters. The van der Waals surface area contributed by atoms with E-state index in [1.54, 1.807) is 0 Å². The second kappa shape index (κ2) is 11.5. The molecular weight excluding hydrogens is 252 g/mol. The van der Waals surface area contributed by atoms with Crippen LogP contribution in [0.1, 0.15) is 47.5 Å². The Morgan fingerprint density at radius 3 is 1.95 bits per heavy atom. The molecule has 4 N–H and O–H groups in total. The van der Waals surface area contributed by atoms with Crippen molar-refractivity contribution < 1.29 is 9.47 Å². The molecule has 0 aliphatic rings. The lowest BCUT2D eigenvalue weighted by molar-refractivity contribution is -0.00102. The van der Waals surface area contributed by atoms with Crippen LogP contribution in [-0.2, 0) is 9.47 Å². The highest BCUT2D eigenvalue weighted by atomic mass is 16.5. The molecule has 0 saturated heterocycles. The Balaban J connectivity index is 3.60. The van der Waals surface area contributed by atoms with Crippen molar-refractivity contribution in [2.75, 3.05) is 26.4 Å². The predicted molar refractivity (Wildman–Crippen MR) is 85.7 cm³/mol. The van der Waals surface area contributed by atoms with Gasteiger partial charge in [-0.2, -0.15) is 0 Å². The molecule has 0 heterocycles. The van der Waals surface area contributed by atoms with E-state index in [0.717, 1.165) is 39.2 Å². The maximum atomic E-state index is 5.84. The Bertz CT molecular complexity index is 225. The monoisotopic (exact) mass is 288 g/mol. The molecule has 0 fully saturated rings. The van der Waals surface area contributed by atoms with Crippen molar-refractivity contribution in [3.8, 4) is 0 Å². The first-order valence-corrected chi connectivity index (χ1v) is 8.00. The van der Waals surface area contributed by atoms with Gasteiger partial charge in [0.2, 0.25) is 0 Å². The summed E-state index contributed by atoms with van der Waals surface area (Å²) in [6.07, 6.45) is 2.31. The number of rotatable bonds is 12. The molecule has 0 bridgehead atoms. The molecule has 20 heavy (non-hydrogen) atoms. The lowest BCUT2D eigenvalue weighted by Gasteiger charge is -2.20. The van der Waals surface area contributed by atoms with Gasteiger partial charge in [-0.15, -0.1) is 0 Å². The number of hydrogen-bond donors (Lipinski definition) is 2. The zero-order valence-corrected chi connectivity index (χ0v) is 14.1. The normalized spacial score (nSPS) is 19.4. The molecule has 0 amide bonds. The first-order chi connectivity index (χ1) is 9.35. The van der Waals surface area contributed by atoms with Gasteiger partial charge >= 0.3 is 0 Å². The van der Waals surface area contributed by atoms with Gasteiger partial charge in [0, 0.05) is 18.6 Å². The minimum atomic E-state index is 0.250. The van der Waals surface area contributed by atoms with Crippen LogP contribution in [0.25, 0.3) is 0 Å². The van der Waals surface area contributed by atoms with E-state index in [2.05, 4.69) is 27.7 Å². The average Bonchev–Trinajstić information content (AvgIpc) is 2.35. The van der Waals surface area contributed by atoms with Gasteiger partial charge < -0.3 is 20.9 Å². The minimum absolute atomic E-state index is 0.250. The topological polar surface area (TPSA) is 70.5 Å². The summed E-state index contributed by atoms with van der Waals surface area (Å²) < 4.78 is 11.6. The molecule has 0 radical (unpaired) electrons. The maximum absolute atomic E-state index is 5.84. The van der Waals surface area contributed by atoms with E-state index in [9.17, 15) is 0 Å². The molecule has 0 rings (SSSR count). The molecule has 5 atom stereocenters. The van der Waals surface area contributed by atoms with Crippen molar-refractivity contribution in [1.29, 1.82) is 0 Å². The van der Waals surface area contributed by atoms with Gasteiger partial charge in [0.15, 0.2) is 0 Å². The van der Waals surface area contributed by atoms with Gasteiger partial charge in [-0.3, -0.25) is 0 Å². The van der Waals surface area contributed by atoms with Crippen molar-refractivity contribution in [3.63, 3.8) is 0 Å². The third-order valence-corrected chi connectivity index (χ3v) is 3.38. The fraction of sp³-hybridized carbons (Fsp3) is 1.00. The smallest absolute Gasteiger partial charge is 0.0550 e. The number of ether oxygens (including phenoxy) is 2. The van der Waals surface area contributed by atoms with E-state index in [1.807, 2.05) is 6.92 Å². The van der Waals surface area contributed by atoms with Crippen LogP contribution in [-0.4, -0.2) is 38.5 Å². The SMILES string of the molecule is CC(COCC(C)C[C@H](C)N)COC(C)CC(C)CN. The fourth-order valence-corrected chi connectivity index (χ4v) is 2.28. The zero-order chi connectivity index (χ0) is 15.5. The van der Waals surface area contributed by atoms with Gasteiger partial charge in [-0.1, -0.05) is 20.8 Å². The third-order valence-electron chi connectivity index (χ3n) is 3.38. The third kappa shape index (κ3) is 11.6. The Labute approximate surface area is 125 Å². The van der Waals surface area contributed by atoms with Gasteiger partial charge in [0.25, 0.3) is 0 Å². The maximum Gasteiger partial charge on any atom is 0.0550 e. The molecule has 0 spiro atoms. The predicted octanol–water partition coefficient (Wildman–Crippen LogP) is 2.40. The number of hydrogen-bond acceptors (Lipinski definition) is 4. The Hall–Kier alpha value is -0.160. The van der Waals surface area contributed by atoms with Crippen LogP contribution in [0.5, 0.6) is 0 Å². The Kier molecular flexibility index (Phi) is 11.4. The molecule has 0 aromatic rings. The molecule has 0 aliphatic carbocycles. The summed E-state index contributed by atoms with van der Waals surface area (Å²) in [5.41, 5.74) is 11.4. The first-order valence-electron chi connectivity index (χ1n) is 8.00. The zero-order valence-electron chi connectivity index (χ0n) is 14.1. The van der Waals surface area contributed by atoms with Gasteiger partial charge in [0.1, 0.15) is 0 Å². The van der Waals surface area contributed by atoms with E-state index >= 15 is 0 Å². The van der Waals surface area contributed by atoms with Crippen molar-refractivity contribution >= 4 is 0 Å². The highest BCUT2D eigenvalue weighted by molar-refractivity contribution is 4.62. The molecule has 0 aliphatic heterocycles. The quantitative estimate of drug-likeness (QED) is 0.578. The van der Waals surface area contributed by atoms with E-state index in [0.29, 0.717) is 17.8 Å². The lowest BCUT2D eigenvalue weighted by Crippen LogP contribution is -2.24. The molecular formula is C16H36N2O2. The standard InChI is InChI=1S/C16H36N2O2/c1-12(8-17)7-16(5)20-11-14(3)10-19-9-13(2)6-15(4)18/h12-16H,6-11,17-18H2,1-5H3/t12?,13?,14?,15-,16?/m0/s1. The molecule has 0 aromatic heterocycles. The second-order valence-corrected chi connectivity index (χ2v) is 6.68. The molecule has 4 heteroatoms. The van der Waals surface area contributed by atoms with Crippen LogP contribution in [0.3, 0.4) is 0 Å². The largest absolute Gasteiger partial charge is 0.381 e. The summed E-state index contributed by atoms with van der Waals surface area (Å²) in [4.78, 5) is 0. The van der Waals surface area contributed by atoms with Crippen LogP contribution in [0.2, 0.25) is 0 Å². The Morgan fingerprint density at radius 1 is 0.800 bits per heavy atom. The minimum Gasteiger partial charge on any atom is -0.381 e. The highest BCUT2D eigenvalue weighted by Gasteiger charge is 2.11.